The Labute approximate surface area is 138 Å². The molecule has 3 rings (SSSR count). The number of likely N-dealkylation sites (N-methyl/N-ethyl adjacent to an activating group) is 1. The summed E-state index contributed by atoms with van der Waals surface area (Å²) >= 11 is 0. The number of nitrogens with one attached hydrogen (secondary N) is 1. The molecule has 1 amide bonds. The standard InChI is InChI=1S/C17H19N3O4/c1-11-6-9-23-15(11)16(21)18-12-4-5-14-13(10-12)20(17(22)24-14)8-7-19(2)3/h4-6,9-10H,7-8H2,1-3H3,(H,18,21). The highest BCUT2D eigenvalue weighted by Crippen LogP contribution is 2.20. The Morgan fingerprint density at radius 3 is 2.75 bits per heavy atom. The Kier molecular flexibility index (Phi) is 4.26. The second kappa shape index (κ2) is 6.37. The molecule has 0 radical (unpaired) electrons. The van der Waals surface area contributed by atoms with Crippen LogP contribution in [0.2, 0.25) is 0 Å². The number of nitrogens with zero attached hydrogens (tertiary/aromatic N) is 2. The zero-order valence-electron chi connectivity index (χ0n) is 13.8. The van der Waals surface area contributed by atoms with Gasteiger partial charge >= 0.3 is 5.76 Å². The monoisotopic (exact) mass is 329 g/mol. The number of hydrogen-bond donors (Lipinski definition) is 1. The minimum Gasteiger partial charge on any atom is -0.459 e. The molecule has 7 nitrogen and oxygen atoms in total. The smallest absolute Gasteiger partial charge is 0.419 e. The molecular weight excluding hydrogens is 310 g/mol. The molecule has 3 aromatic rings. The fourth-order valence-electron chi connectivity index (χ4n) is 2.44. The van der Waals surface area contributed by atoms with Gasteiger partial charge < -0.3 is 19.1 Å². The van der Waals surface area contributed by atoms with E-state index in [1.165, 1.54) is 6.26 Å². The van der Waals surface area contributed by atoms with E-state index in [1.54, 1.807) is 35.8 Å². The van der Waals surface area contributed by atoms with E-state index in [0.29, 0.717) is 29.9 Å². The van der Waals surface area contributed by atoms with Crippen molar-refractivity contribution in [2.24, 2.45) is 0 Å². The van der Waals surface area contributed by atoms with Gasteiger partial charge in [0.15, 0.2) is 11.3 Å². The van der Waals surface area contributed by atoms with E-state index < -0.39 is 5.76 Å². The molecule has 7 heteroatoms. The van der Waals surface area contributed by atoms with Gasteiger partial charge in [-0.1, -0.05) is 0 Å². The van der Waals surface area contributed by atoms with Crippen molar-refractivity contribution in [3.05, 3.63) is 52.4 Å². The Morgan fingerprint density at radius 1 is 1.29 bits per heavy atom. The van der Waals surface area contributed by atoms with Gasteiger partial charge in [-0.2, -0.15) is 0 Å². The van der Waals surface area contributed by atoms with E-state index >= 15 is 0 Å². The number of oxazole rings is 1. The lowest BCUT2D eigenvalue weighted by atomic mass is 10.2. The number of anilines is 1. The van der Waals surface area contributed by atoms with Crippen LogP contribution in [0.4, 0.5) is 5.69 Å². The van der Waals surface area contributed by atoms with Gasteiger partial charge in [0.05, 0.1) is 11.8 Å². The fraction of sp³-hybridized carbons (Fsp3) is 0.294. The van der Waals surface area contributed by atoms with Gasteiger partial charge in [-0.05, 0) is 45.3 Å². The number of benzene rings is 1. The van der Waals surface area contributed by atoms with E-state index in [9.17, 15) is 9.59 Å². The number of carbonyl (C=O) groups is 1. The number of hydrogen-bond acceptors (Lipinski definition) is 5. The van der Waals surface area contributed by atoms with Gasteiger partial charge in [0, 0.05) is 24.3 Å². The maximum atomic E-state index is 12.2. The molecule has 0 fully saturated rings. The SMILES string of the molecule is Cc1ccoc1C(=O)Nc1ccc2oc(=O)n(CCN(C)C)c2c1. The number of carbonyl (C=O) groups excluding carboxylic acids is 1. The maximum absolute atomic E-state index is 12.2. The molecule has 2 aromatic heterocycles. The lowest BCUT2D eigenvalue weighted by molar-refractivity contribution is 0.0996. The number of fused-ring (bicyclic) bond motifs is 1. The Bertz CT molecular complexity index is 933. The van der Waals surface area contributed by atoms with Crippen LogP contribution in [-0.2, 0) is 6.54 Å². The molecule has 1 aromatic carbocycles. The van der Waals surface area contributed by atoms with E-state index in [4.69, 9.17) is 8.83 Å². The van der Waals surface area contributed by atoms with Gasteiger partial charge in [-0.3, -0.25) is 9.36 Å². The van der Waals surface area contributed by atoms with Gasteiger partial charge in [0.2, 0.25) is 0 Å². The van der Waals surface area contributed by atoms with Gasteiger partial charge in [0.25, 0.3) is 5.91 Å². The molecule has 0 saturated carbocycles. The first-order chi connectivity index (χ1) is 11.5. The molecular formula is C17H19N3O4. The van der Waals surface area contributed by atoms with E-state index in [2.05, 4.69) is 5.32 Å². The van der Waals surface area contributed by atoms with Crippen molar-refractivity contribution in [3.63, 3.8) is 0 Å². The fourth-order valence-corrected chi connectivity index (χ4v) is 2.44. The molecule has 1 N–H and O–H groups in total. The summed E-state index contributed by atoms with van der Waals surface area (Å²) in [5, 5.41) is 2.78. The molecule has 0 aliphatic rings. The number of amides is 1. The third-order valence-corrected chi connectivity index (χ3v) is 3.76. The molecule has 0 unspecified atom stereocenters. The lowest BCUT2D eigenvalue weighted by Crippen LogP contribution is -2.23. The summed E-state index contributed by atoms with van der Waals surface area (Å²) in [5.74, 6) is -0.466. The van der Waals surface area contributed by atoms with Crippen molar-refractivity contribution in [3.8, 4) is 0 Å². The summed E-state index contributed by atoms with van der Waals surface area (Å²) in [6, 6.07) is 6.82. The van der Waals surface area contributed by atoms with Crippen molar-refractivity contribution >= 4 is 22.7 Å². The summed E-state index contributed by atoms with van der Waals surface area (Å²) in [5.41, 5.74) is 2.48. The van der Waals surface area contributed by atoms with Crippen molar-refractivity contribution < 1.29 is 13.6 Å². The van der Waals surface area contributed by atoms with Crippen LogP contribution in [0.5, 0.6) is 0 Å². The predicted octanol–water partition coefficient (Wildman–Crippen LogP) is 2.31. The Hall–Kier alpha value is -2.80. The second-order valence-electron chi connectivity index (χ2n) is 5.89. The second-order valence-corrected chi connectivity index (χ2v) is 5.89. The summed E-state index contributed by atoms with van der Waals surface area (Å²) in [7, 11) is 3.87. The molecule has 24 heavy (non-hydrogen) atoms. The summed E-state index contributed by atoms with van der Waals surface area (Å²) < 4.78 is 12.0. The average Bonchev–Trinajstić information content (AvgIpc) is 3.08. The first-order valence-corrected chi connectivity index (χ1v) is 7.59. The zero-order chi connectivity index (χ0) is 17.3. The zero-order valence-corrected chi connectivity index (χ0v) is 13.8. The van der Waals surface area contributed by atoms with Crippen LogP contribution >= 0.6 is 0 Å². The van der Waals surface area contributed by atoms with Crippen molar-refractivity contribution in [2.45, 2.75) is 13.5 Å². The van der Waals surface area contributed by atoms with Crippen molar-refractivity contribution in [1.29, 1.82) is 0 Å². The minimum absolute atomic E-state index is 0.271. The predicted molar refractivity (Wildman–Crippen MR) is 90.4 cm³/mol. The Morgan fingerprint density at radius 2 is 2.08 bits per heavy atom. The first-order valence-electron chi connectivity index (χ1n) is 7.59. The summed E-state index contributed by atoms with van der Waals surface area (Å²) in [4.78, 5) is 26.2. The lowest BCUT2D eigenvalue weighted by Gasteiger charge is -2.09. The van der Waals surface area contributed by atoms with Crippen LogP contribution in [0.3, 0.4) is 0 Å². The molecule has 0 aliphatic carbocycles. The maximum Gasteiger partial charge on any atom is 0.419 e. The van der Waals surface area contributed by atoms with Crippen LogP contribution in [0.15, 0.2) is 44.2 Å². The number of aromatic nitrogens is 1. The topological polar surface area (TPSA) is 80.6 Å². The normalized spacial score (nSPS) is 11.3. The van der Waals surface area contributed by atoms with Crippen molar-refractivity contribution in [1.82, 2.24) is 9.47 Å². The van der Waals surface area contributed by atoms with E-state index in [1.807, 2.05) is 19.0 Å². The third-order valence-electron chi connectivity index (χ3n) is 3.76. The summed E-state index contributed by atoms with van der Waals surface area (Å²) in [6.45, 7) is 3.01. The average molecular weight is 329 g/mol. The number of aryl methyl sites for hydroxylation is 1. The molecule has 0 saturated heterocycles. The first kappa shape index (κ1) is 16.1. The number of furan rings is 1. The summed E-state index contributed by atoms with van der Waals surface area (Å²) in [6.07, 6.45) is 1.47. The van der Waals surface area contributed by atoms with Crippen LogP contribution in [0.25, 0.3) is 11.1 Å². The van der Waals surface area contributed by atoms with Crippen LogP contribution in [-0.4, -0.2) is 36.0 Å². The largest absolute Gasteiger partial charge is 0.459 e. The van der Waals surface area contributed by atoms with Crippen LogP contribution in [0, 0.1) is 6.92 Å². The van der Waals surface area contributed by atoms with Gasteiger partial charge in [-0.15, -0.1) is 0 Å². The molecule has 0 atom stereocenters. The number of rotatable bonds is 5. The van der Waals surface area contributed by atoms with E-state index in [-0.39, 0.29) is 11.7 Å². The van der Waals surface area contributed by atoms with Crippen LogP contribution in [0.1, 0.15) is 16.1 Å². The highest BCUT2D eigenvalue weighted by molar-refractivity contribution is 6.03. The highest BCUT2D eigenvalue weighted by Gasteiger charge is 2.15. The van der Waals surface area contributed by atoms with E-state index in [0.717, 1.165) is 5.56 Å². The van der Waals surface area contributed by atoms with Gasteiger partial charge in [0.1, 0.15) is 0 Å². The third kappa shape index (κ3) is 3.11. The highest BCUT2D eigenvalue weighted by atomic mass is 16.4. The Balaban J connectivity index is 1.90. The molecule has 0 spiro atoms. The van der Waals surface area contributed by atoms with Crippen LogP contribution < -0.4 is 11.1 Å². The quantitative estimate of drug-likeness (QED) is 0.777. The van der Waals surface area contributed by atoms with Gasteiger partial charge in [-0.25, -0.2) is 4.79 Å². The molecule has 2 heterocycles. The molecule has 126 valence electrons. The minimum atomic E-state index is -0.405. The molecule has 0 aliphatic heterocycles. The molecule has 0 bridgehead atoms. The van der Waals surface area contributed by atoms with Crippen molar-refractivity contribution in [2.75, 3.05) is 26.0 Å².